The minimum atomic E-state index is -0.0966. The molecule has 0 spiro atoms. The highest BCUT2D eigenvalue weighted by Crippen LogP contribution is 2.03. The van der Waals surface area contributed by atoms with Gasteiger partial charge in [0, 0.05) is 23.3 Å². The average molecular weight is 218 g/mol. The first-order valence-corrected chi connectivity index (χ1v) is 4.21. The smallest absolute Gasteiger partial charge is 0.223 e. The minimum absolute atomic E-state index is 0.0966. The summed E-state index contributed by atoms with van der Waals surface area (Å²) >= 11 is 3.23. The standard InChI is InChI=1S/C7H8BrNO2/c1-11-7-4-9-5(3-8)2-6(7)10/h2,4H,3H2,1H3,(H,9,10). The van der Waals surface area contributed by atoms with E-state index in [1.807, 2.05) is 0 Å². The van der Waals surface area contributed by atoms with Gasteiger partial charge < -0.3 is 9.72 Å². The summed E-state index contributed by atoms with van der Waals surface area (Å²) in [5.74, 6) is 0.342. The molecule has 1 aromatic heterocycles. The van der Waals surface area contributed by atoms with Gasteiger partial charge in [-0.2, -0.15) is 0 Å². The number of rotatable bonds is 2. The number of aromatic nitrogens is 1. The van der Waals surface area contributed by atoms with E-state index in [1.54, 1.807) is 6.20 Å². The number of aromatic amines is 1. The molecule has 0 aliphatic rings. The van der Waals surface area contributed by atoms with Gasteiger partial charge in [0.05, 0.1) is 7.11 Å². The van der Waals surface area contributed by atoms with Gasteiger partial charge >= 0.3 is 0 Å². The molecule has 1 rings (SSSR count). The molecule has 1 heterocycles. The Morgan fingerprint density at radius 2 is 2.45 bits per heavy atom. The first-order chi connectivity index (χ1) is 5.27. The SMILES string of the molecule is COc1c[nH]c(CBr)cc1=O. The topological polar surface area (TPSA) is 42.1 Å². The number of hydrogen-bond donors (Lipinski definition) is 1. The van der Waals surface area contributed by atoms with Crippen molar-refractivity contribution >= 4 is 15.9 Å². The number of pyridine rings is 1. The summed E-state index contributed by atoms with van der Waals surface area (Å²) in [7, 11) is 1.47. The van der Waals surface area contributed by atoms with E-state index in [0.717, 1.165) is 5.69 Å². The number of H-pyrrole nitrogens is 1. The average Bonchev–Trinajstić information content (AvgIpc) is 2.04. The monoisotopic (exact) mass is 217 g/mol. The predicted octanol–water partition coefficient (Wildman–Crippen LogP) is 1.28. The third-order valence-electron chi connectivity index (χ3n) is 1.30. The molecule has 0 radical (unpaired) electrons. The quantitative estimate of drug-likeness (QED) is 0.759. The van der Waals surface area contributed by atoms with Crippen molar-refractivity contribution in [2.45, 2.75) is 5.33 Å². The van der Waals surface area contributed by atoms with E-state index in [2.05, 4.69) is 20.9 Å². The molecule has 0 unspecified atom stereocenters. The number of nitrogens with one attached hydrogen (secondary N) is 1. The van der Waals surface area contributed by atoms with Gasteiger partial charge in [-0.15, -0.1) is 0 Å². The van der Waals surface area contributed by atoms with Crippen molar-refractivity contribution in [1.29, 1.82) is 0 Å². The van der Waals surface area contributed by atoms with E-state index in [4.69, 9.17) is 4.74 Å². The summed E-state index contributed by atoms with van der Waals surface area (Å²) in [6.45, 7) is 0. The van der Waals surface area contributed by atoms with Gasteiger partial charge in [-0.1, -0.05) is 15.9 Å². The summed E-state index contributed by atoms with van der Waals surface area (Å²) in [5.41, 5.74) is 0.747. The summed E-state index contributed by atoms with van der Waals surface area (Å²) < 4.78 is 4.79. The van der Waals surface area contributed by atoms with Gasteiger partial charge in [0.2, 0.25) is 5.43 Å². The first-order valence-electron chi connectivity index (χ1n) is 3.09. The molecule has 0 bridgehead atoms. The van der Waals surface area contributed by atoms with Crippen molar-refractivity contribution in [3.8, 4) is 5.75 Å². The maximum Gasteiger partial charge on any atom is 0.223 e. The van der Waals surface area contributed by atoms with Gasteiger partial charge in [0.15, 0.2) is 5.75 Å². The third kappa shape index (κ3) is 1.83. The lowest BCUT2D eigenvalue weighted by atomic mass is 10.3. The van der Waals surface area contributed by atoms with E-state index < -0.39 is 0 Å². The second-order valence-corrected chi connectivity index (χ2v) is 2.59. The molecule has 1 aromatic rings. The fourth-order valence-electron chi connectivity index (χ4n) is 0.737. The van der Waals surface area contributed by atoms with Gasteiger partial charge in [-0.25, -0.2) is 0 Å². The first kappa shape index (κ1) is 8.33. The number of halogens is 1. The Morgan fingerprint density at radius 1 is 1.73 bits per heavy atom. The number of alkyl halides is 1. The molecule has 0 fully saturated rings. The Bertz CT molecular complexity index is 295. The van der Waals surface area contributed by atoms with Gasteiger partial charge in [0.25, 0.3) is 0 Å². The fraction of sp³-hybridized carbons (Fsp3) is 0.286. The minimum Gasteiger partial charge on any atom is -0.491 e. The Hall–Kier alpha value is -0.770. The number of ether oxygens (including phenoxy) is 1. The Kier molecular flexibility index (Phi) is 2.70. The van der Waals surface area contributed by atoms with E-state index in [-0.39, 0.29) is 5.43 Å². The Balaban J connectivity index is 3.10. The van der Waals surface area contributed by atoms with Gasteiger partial charge in [-0.3, -0.25) is 4.79 Å². The third-order valence-corrected chi connectivity index (χ3v) is 1.90. The highest BCUT2D eigenvalue weighted by molar-refractivity contribution is 9.08. The zero-order chi connectivity index (χ0) is 8.27. The van der Waals surface area contributed by atoms with Crippen LogP contribution in [0.1, 0.15) is 5.69 Å². The molecule has 0 amide bonds. The molecule has 0 aliphatic heterocycles. The fourth-order valence-corrected chi connectivity index (χ4v) is 1.06. The second-order valence-electron chi connectivity index (χ2n) is 2.02. The van der Waals surface area contributed by atoms with Crippen LogP contribution in [0.15, 0.2) is 17.1 Å². The van der Waals surface area contributed by atoms with Crippen LogP contribution in [0.5, 0.6) is 5.75 Å². The van der Waals surface area contributed by atoms with E-state index >= 15 is 0 Å². The lowest BCUT2D eigenvalue weighted by Gasteiger charge is -1.98. The zero-order valence-electron chi connectivity index (χ0n) is 6.06. The molecule has 3 nitrogen and oxygen atoms in total. The molecule has 4 heteroatoms. The van der Waals surface area contributed by atoms with Crippen molar-refractivity contribution < 1.29 is 4.74 Å². The molecule has 11 heavy (non-hydrogen) atoms. The normalized spacial score (nSPS) is 9.64. The lowest BCUT2D eigenvalue weighted by Crippen LogP contribution is -2.05. The van der Waals surface area contributed by atoms with E-state index in [0.29, 0.717) is 11.1 Å². The van der Waals surface area contributed by atoms with Crippen LogP contribution in [-0.2, 0) is 5.33 Å². The maximum atomic E-state index is 11.1. The van der Waals surface area contributed by atoms with Crippen LogP contribution in [0.2, 0.25) is 0 Å². The molecule has 0 aliphatic carbocycles. The number of hydrogen-bond acceptors (Lipinski definition) is 2. The summed E-state index contributed by atoms with van der Waals surface area (Å²) in [6.07, 6.45) is 1.55. The molecule has 0 saturated carbocycles. The van der Waals surface area contributed by atoms with Crippen LogP contribution < -0.4 is 10.2 Å². The molecule has 0 atom stereocenters. The largest absolute Gasteiger partial charge is 0.491 e. The van der Waals surface area contributed by atoms with Crippen molar-refractivity contribution in [2.75, 3.05) is 7.11 Å². The highest BCUT2D eigenvalue weighted by Gasteiger charge is 1.98. The van der Waals surface area contributed by atoms with Crippen molar-refractivity contribution in [3.63, 3.8) is 0 Å². The van der Waals surface area contributed by atoms with E-state index in [1.165, 1.54) is 13.2 Å². The zero-order valence-corrected chi connectivity index (χ0v) is 7.64. The number of methoxy groups -OCH3 is 1. The van der Waals surface area contributed by atoms with Crippen molar-refractivity contribution in [3.05, 3.63) is 28.2 Å². The van der Waals surface area contributed by atoms with Gasteiger partial charge in [-0.05, 0) is 0 Å². The highest BCUT2D eigenvalue weighted by atomic mass is 79.9. The summed E-state index contributed by atoms with van der Waals surface area (Å²) in [6, 6.07) is 1.51. The molecular weight excluding hydrogens is 210 g/mol. The van der Waals surface area contributed by atoms with Crippen molar-refractivity contribution in [2.24, 2.45) is 0 Å². The summed E-state index contributed by atoms with van der Waals surface area (Å²) in [4.78, 5) is 14.0. The van der Waals surface area contributed by atoms with Crippen LogP contribution in [0, 0.1) is 0 Å². The van der Waals surface area contributed by atoms with Gasteiger partial charge in [0.1, 0.15) is 0 Å². The predicted molar refractivity (Wildman–Crippen MR) is 46.2 cm³/mol. The molecule has 1 N–H and O–H groups in total. The molecule has 0 aromatic carbocycles. The Labute approximate surface area is 72.5 Å². The van der Waals surface area contributed by atoms with Crippen LogP contribution in [0.25, 0.3) is 0 Å². The second kappa shape index (κ2) is 3.57. The van der Waals surface area contributed by atoms with Crippen LogP contribution in [0.3, 0.4) is 0 Å². The molecular formula is C7H8BrNO2. The van der Waals surface area contributed by atoms with Crippen LogP contribution in [-0.4, -0.2) is 12.1 Å². The Morgan fingerprint density at radius 3 is 2.91 bits per heavy atom. The maximum absolute atomic E-state index is 11.1. The van der Waals surface area contributed by atoms with Crippen LogP contribution in [0.4, 0.5) is 0 Å². The summed E-state index contributed by atoms with van der Waals surface area (Å²) in [5, 5.41) is 0.645. The van der Waals surface area contributed by atoms with Crippen LogP contribution >= 0.6 is 15.9 Å². The molecule has 60 valence electrons. The lowest BCUT2D eigenvalue weighted by molar-refractivity contribution is 0.408. The van der Waals surface area contributed by atoms with Crippen molar-refractivity contribution in [1.82, 2.24) is 4.98 Å². The molecule has 0 saturated heterocycles. The van der Waals surface area contributed by atoms with E-state index in [9.17, 15) is 4.79 Å².